The van der Waals surface area contributed by atoms with Crippen LogP contribution in [0.4, 0.5) is 0 Å². The van der Waals surface area contributed by atoms with Gasteiger partial charge in [-0.25, -0.2) is 0 Å². The first-order valence-electron chi connectivity index (χ1n) is 12.8. The van der Waals surface area contributed by atoms with Crippen molar-refractivity contribution >= 4 is 24.5 Å². The van der Waals surface area contributed by atoms with Crippen LogP contribution in [0.3, 0.4) is 0 Å². The van der Waals surface area contributed by atoms with E-state index in [-0.39, 0.29) is 16.6 Å². The molecule has 4 heteroatoms. The van der Waals surface area contributed by atoms with Gasteiger partial charge in [0.15, 0.2) is 0 Å². The molecular weight excluding hydrogens is 475 g/mol. The lowest BCUT2D eigenvalue weighted by molar-refractivity contribution is 0.102. The molecule has 3 rings (SSSR count). The largest absolute Gasteiger partial charge is 0.288 e. The van der Waals surface area contributed by atoms with Gasteiger partial charge in [-0.2, -0.15) is 0 Å². The minimum absolute atomic E-state index is 0.350. The van der Waals surface area contributed by atoms with Crippen molar-refractivity contribution < 1.29 is 14.4 Å². The van der Waals surface area contributed by atoms with E-state index in [2.05, 4.69) is 0 Å². The minimum Gasteiger partial charge on any atom is -0.288 e. The summed E-state index contributed by atoms with van der Waals surface area (Å²) in [5.74, 6) is 0. The quantitative estimate of drug-likeness (QED) is 0.309. The van der Waals surface area contributed by atoms with Crippen molar-refractivity contribution in [3.05, 3.63) is 102 Å². The molecule has 194 valence electrons. The van der Waals surface area contributed by atoms with Crippen LogP contribution in [0, 0.1) is 83.1 Å². The highest BCUT2D eigenvalue weighted by Gasteiger charge is 2.40. The number of hydrogen-bond donors (Lipinski definition) is 0. The average Bonchev–Trinajstić information content (AvgIpc) is 2.80. The van der Waals surface area contributed by atoms with Crippen molar-refractivity contribution in [1.82, 2.24) is 0 Å². The van der Waals surface area contributed by atoms with Crippen molar-refractivity contribution in [1.29, 1.82) is 0 Å². The molecule has 0 N–H and O–H groups in total. The summed E-state index contributed by atoms with van der Waals surface area (Å²) >= 11 is 0. The molecule has 37 heavy (non-hydrogen) atoms. The zero-order chi connectivity index (χ0) is 28.1. The summed E-state index contributed by atoms with van der Waals surface area (Å²) in [6, 6.07) is 5.95. The van der Waals surface area contributed by atoms with Crippen LogP contribution in [0.15, 0.2) is 18.2 Å². The summed E-state index contributed by atoms with van der Waals surface area (Å²) in [5, 5.41) is 0. The summed E-state index contributed by atoms with van der Waals surface area (Å²) in [5.41, 5.74) is 11.8. The molecule has 0 aromatic heterocycles. The van der Waals surface area contributed by atoms with Gasteiger partial charge >= 0.3 is 0 Å². The second-order valence-corrected chi connectivity index (χ2v) is 12.5. The lowest BCUT2D eigenvalue weighted by Gasteiger charge is -2.23. The number of hydrogen-bond acceptors (Lipinski definition) is 3. The van der Waals surface area contributed by atoms with Crippen molar-refractivity contribution in [2.45, 2.75) is 83.1 Å². The third-order valence-electron chi connectivity index (χ3n) is 8.32. The molecule has 0 heterocycles. The SMILES string of the molecule is Cc1cc(C)c(C(=O)P(C(=O)c2c(C)cc(C)c(C)c2C)C(=O)c2c(C)cc(C)c(C)c2C)c(C)c1C. The highest BCUT2D eigenvalue weighted by atomic mass is 31.1. The number of benzene rings is 3. The number of aryl methyl sites for hydroxylation is 6. The maximum atomic E-state index is 14.4. The van der Waals surface area contributed by atoms with Crippen molar-refractivity contribution in [3.63, 3.8) is 0 Å². The van der Waals surface area contributed by atoms with E-state index in [1.807, 2.05) is 101 Å². The predicted molar refractivity (Wildman–Crippen MR) is 156 cm³/mol. The highest BCUT2D eigenvalue weighted by Crippen LogP contribution is 2.50. The molecule has 0 aliphatic rings. The Hall–Kier alpha value is -2.90. The van der Waals surface area contributed by atoms with E-state index in [0.29, 0.717) is 16.7 Å². The Bertz CT molecular complexity index is 1310. The summed E-state index contributed by atoms with van der Waals surface area (Å²) < 4.78 is 0. The van der Waals surface area contributed by atoms with E-state index in [4.69, 9.17) is 0 Å². The van der Waals surface area contributed by atoms with Crippen LogP contribution in [-0.4, -0.2) is 16.6 Å². The third-order valence-corrected chi connectivity index (χ3v) is 10.2. The molecule has 3 aromatic rings. The molecule has 0 aliphatic heterocycles. The fourth-order valence-electron chi connectivity index (χ4n) is 5.45. The van der Waals surface area contributed by atoms with Crippen LogP contribution in [0.2, 0.25) is 0 Å². The summed E-state index contributed by atoms with van der Waals surface area (Å²) in [6.07, 6.45) is 0. The molecule has 0 fully saturated rings. The molecule has 3 nitrogen and oxygen atoms in total. The van der Waals surface area contributed by atoms with E-state index in [9.17, 15) is 14.4 Å². The Balaban J connectivity index is 2.37. The van der Waals surface area contributed by atoms with Gasteiger partial charge < -0.3 is 0 Å². The lowest BCUT2D eigenvalue weighted by Crippen LogP contribution is -2.19. The lowest BCUT2D eigenvalue weighted by atomic mass is 9.95. The zero-order valence-electron chi connectivity index (χ0n) is 24.4. The van der Waals surface area contributed by atoms with Gasteiger partial charge in [-0.05, 0) is 150 Å². The van der Waals surface area contributed by atoms with E-state index in [1.165, 1.54) is 0 Å². The minimum atomic E-state index is -2.35. The Labute approximate surface area is 223 Å². The fourth-order valence-corrected chi connectivity index (χ4v) is 7.71. The summed E-state index contributed by atoms with van der Waals surface area (Å²) in [7, 11) is -2.35. The highest BCUT2D eigenvalue weighted by molar-refractivity contribution is 8.03. The molecular formula is C33H39O3P. The first-order chi connectivity index (χ1) is 17.1. The zero-order valence-corrected chi connectivity index (χ0v) is 25.3. The number of carbonyl (C=O) groups is 3. The van der Waals surface area contributed by atoms with Gasteiger partial charge in [0.2, 0.25) is 16.6 Å². The third kappa shape index (κ3) is 4.87. The van der Waals surface area contributed by atoms with E-state index >= 15 is 0 Å². The molecule has 0 amide bonds. The Morgan fingerprint density at radius 2 is 0.595 bits per heavy atom. The van der Waals surface area contributed by atoms with Gasteiger partial charge in [0, 0.05) is 16.7 Å². The van der Waals surface area contributed by atoms with E-state index in [1.54, 1.807) is 0 Å². The molecule has 3 aromatic carbocycles. The van der Waals surface area contributed by atoms with Crippen LogP contribution in [-0.2, 0) is 0 Å². The first-order valence-corrected chi connectivity index (χ1v) is 14.1. The first kappa shape index (κ1) is 28.7. The monoisotopic (exact) mass is 514 g/mol. The van der Waals surface area contributed by atoms with Gasteiger partial charge in [0.25, 0.3) is 0 Å². The van der Waals surface area contributed by atoms with Crippen molar-refractivity contribution in [2.24, 2.45) is 0 Å². The van der Waals surface area contributed by atoms with Gasteiger partial charge in [-0.15, -0.1) is 0 Å². The number of rotatable bonds is 6. The van der Waals surface area contributed by atoms with Crippen LogP contribution < -0.4 is 0 Å². The molecule has 0 radical (unpaired) electrons. The van der Waals surface area contributed by atoms with Gasteiger partial charge in [0.1, 0.15) is 7.92 Å². The summed E-state index contributed by atoms with van der Waals surface area (Å²) in [6.45, 7) is 23.5. The molecule has 0 spiro atoms. The van der Waals surface area contributed by atoms with Crippen LogP contribution in [0.25, 0.3) is 0 Å². The fraction of sp³-hybridized carbons (Fsp3) is 0.364. The second-order valence-electron chi connectivity index (χ2n) is 10.7. The Morgan fingerprint density at radius 3 is 0.811 bits per heavy atom. The molecule has 0 saturated carbocycles. The van der Waals surface area contributed by atoms with Gasteiger partial charge in [-0.3, -0.25) is 14.4 Å². The maximum Gasteiger partial charge on any atom is 0.200 e. The van der Waals surface area contributed by atoms with Crippen molar-refractivity contribution in [3.8, 4) is 0 Å². The van der Waals surface area contributed by atoms with E-state index < -0.39 is 7.92 Å². The Kier molecular flexibility index (Phi) is 8.11. The Morgan fingerprint density at radius 1 is 0.378 bits per heavy atom. The van der Waals surface area contributed by atoms with Crippen LogP contribution in [0.1, 0.15) is 97.8 Å². The predicted octanol–water partition coefficient (Wildman–Crippen LogP) is 8.69. The smallest absolute Gasteiger partial charge is 0.200 e. The normalized spacial score (nSPS) is 11.3. The topological polar surface area (TPSA) is 51.2 Å². The summed E-state index contributed by atoms with van der Waals surface area (Å²) in [4.78, 5) is 43.2. The van der Waals surface area contributed by atoms with Crippen molar-refractivity contribution in [2.75, 3.05) is 0 Å². The average molecular weight is 515 g/mol. The van der Waals surface area contributed by atoms with Crippen LogP contribution in [0.5, 0.6) is 0 Å². The standard InChI is InChI=1S/C33H39O3P/c1-16-13-19(4)28(25(10)22(16)7)31(34)37(32(35)29-20(5)14-17(2)23(8)26(29)11)33(36)30-21(6)15-18(3)24(9)27(30)12/h13-15H,1-12H3. The molecule has 0 unspecified atom stereocenters. The van der Waals surface area contributed by atoms with Gasteiger partial charge in [-0.1, -0.05) is 18.2 Å². The second kappa shape index (κ2) is 10.5. The van der Waals surface area contributed by atoms with Crippen LogP contribution >= 0.6 is 7.92 Å². The maximum absolute atomic E-state index is 14.4. The van der Waals surface area contributed by atoms with Gasteiger partial charge in [0.05, 0.1) is 0 Å². The molecule has 0 aliphatic carbocycles. The number of carbonyl (C=O) groups excluding carboxylic acids is 3. The van der Waals surface area contributed by atoms with E-state index in [0.717, 1.165) is 66.8 Å². The molecule has 0 atom stereocenters. The molecule has 0 saturated heterocycles. The molecule has 0 bridgehead atoms.